The van der Waals surface area contributed by atoms with Crippen molar-refractivity contribution < 1.29 is 9.53 Å². The van der Waals surface area contributed by atoms with Crippen molar-refractivity contribution in [3.05, 3.63) is 29.8 Å². The van der Waals surface area contributed by atoms with E-state index in [0.29, 0.717) is 16.6 Å². The molecule has 1 aliphatic carbocycles. The van der Waals surface area contributed by atoms with Gasteiger partial charge in [-0.2, -0.15) is 17.0 Å². The van der Waals surface area contributed by atoms with E-state index in [1.54, 1.807) is 24.3 Å². The van der Waals surface area contributed by atoms with Gasteiger partial charge in [-0.25, -0.2) is 0 Å². The van der Waals surface area contributed by atoms with Crippen LogP contribution in [0.1, 0.15) is 24.8 Å². The number of nitriles is 1. The zero-order valence-electron chi connectivity index (χ0n) is 11.5. The molecule has 1 amide bonds. The summed E-state index contributed by atoms with van der Waals surface area (Å²) in [6.45, 7) is 0.0202. The summed E-state index contributed by atoms with van der Waals surface area (Å²) in [7, 11) is 0. The van der Waals surface area contributed by atoms with Crippen LogP contribution < -0.4 is 10.1 Å². The molecular formula is C15H18N2O2S. The van der Waals surface area contributed by atoms with Crippen LogP contribution in [0, 0.1) is 11.3 Å². The van der Waals surface area contributed by atoms with Gasteiger partial charge in [0.15, 0.2) is 6.61 Å². The first-order chi connectivity index (χ1) is 9.71. The molecule has 106 valence electrons. The summed E-state index contributed by atoms with van der Waals surface area (Å²) in [6, 6.07) is 9.07. The maximum atomic E-state index is 11.8. The second-order valence-corrected chi connectivity index (χ2v) is 6.00. The molecule has 1 saturated carbocycles. The zero-order chi connectivity index (χ0) is 14.4. The van der Waals surface area contributed by atoms with Crippen LogP contribution in [0.5, 0.6) is 5.75 Å². The average Bonchev–Trinajstić information content (AvgIpc) is 2.93. The highest BCUT2D eigenvalue weighted by Gasteiger charge is 2.25. The number of hydrogen-bond donors (Lipinski definition) is 1. The number of thioether (sulfide) groups is 1. The van der Waals surface area contributed by atoms with Crippen LogP contribution in [0.3, 0.4) is 0 Å². The van der Waals surface area contributed by atoms with Crippen molar-refractivity contribution in [2.24, 2.45) is 0 Å². The lowest BCUT2D eigenvalue weighted by molar-refractivity contribution is -0.123. The van der Waals surface area contributed by atoms with Crippen LogP contribution in [0.25, 0.3) is 0 Å². The summed E-state index contributed by atoms with van der Waals surface area (Å²) in [5, 5.41) is 12.4. The van der Waals surface area contributed by atoms with Crippen molar-refractivity contribution in [2.75, 3.05) is 12.9 Å². The number of carbonyl (C=O) groups is 1. The lowest BCUT2D eigenvalue weighted by Gasteiger charge is -2.13. The first-order valence-corrected chi connectivity index (χ1v) is 7.95. The minimum absolute atomic E-state index is 0.0202. The number of carbonyl (C=O) groups excluding carboxylic acids is 1. The van der Waals surface area contributed by atoms with E-state index in [2.05, 4.69) is 11.6 Å². The maximum Gasteiger partial charge on any atom is 0.258 e. The van der Waals surface area contributed by atoms with Crippen molar-refractivity contribution >= 4 is 17.7 Å². The van der Waals surface area contributed by atoms with Gasteiger partial charge in [0.2, 0.25) is 0 Å². The van der Waals surface area contributed by atoms with Crippen LogP contribution in [-0.4, -0.2) is 30.1 Å². The van der Waals surface area contributed by atoms with Gasteiger partial charge in [-0.05, 0) is 49.8 Å². The molecule has 0 radical (unpaired) electrons. The van der Waals surface area contributed by atoms with Crippen LogP contribution >= 0.6 is 11.8 Å². The molecule has 1 N–H and O–H groups in total. The molecule has 0 spiro atoms. The molecule has 20 heavy (non-hydrogen) atoms. The number of hydrogen-bond acceptors (Lipinski definition) is 4. The molecule has 1 fully saturated rings. The minimum atomic E-state index is -0.0823. The Balaban J connectivity index is 1.73. The van der Waals surface area contributed by atoms with Gasteiger partial charge in [0.05, 0.1) is 11.6 Å². The predicted octanol–water partition coefficient (Wildman–Crippen LogP) is 2.34. The monoisotopic (exact) mass is 290 g/mol. The third-order valence-corrected chi connectivity index (χ3v) is 4.53. The Hall–Kier alpha value is -1.67. The van der Waals surface area contributed by atoms with Crippen molar-refractivity contribution in [1.82, 2.24) is 5.32 Å². The van der Waals surface area contributed by atoms with Gasteiger partial charge in [-0.15, -0.1) is 0 Å². The van der Waals surface area contributed by atoms with Gasteiger partial charge in [0, 0.05) is 11.3 Å². The lowest BCUT2D eigenvalue weighted by atomic mass is 10.2. The van der Waals surface area contributed by atoms with Crippen molar-refractivity contribution in [3.8, 4) is 11.8 Å². The Morgan fingerprint density at radius 3 is 2.80 bits per heavy atom. The summed E-state index contributed by atoms with van der Waals surface area (Å²) in [4.78, 5) is 11.8. The minimum Gasteiger partial charge on any atom is -0.484 e. The van der Waals surface area contributed by atoms with E-state index in [0.717, 1.165) is 12.8 Å². The number of amides is 1. The predicted molar refractivity (Wildman–Crippen MR) is 79.7 cm³/mol. The molecule has 1 aliphatic rings. The normalized spacial score (nSPS) is 21.2. The molecule has 0 aromatic heterocycles. The molecule has 2 atom stereocenters. The van der Waals surface area contributed by atoms with Gasteiger partial charge < -0.3 is 10.1 Å². The number of benzene rings is 1. The van der Waals surface area contributed by atoms with E-state index in [9.17, 15) is 4.79 Å². The fourth-order valence-corrected chi connectivity index (χ4v) is 3.13. The van der Waals surface area contributed by atoms with Gasteiger partial charge in [0.1, 0.15) is 5.75 Å². The average molecular weight is 290 g/mol. The van der Waals surface area contributed by atoms with Gasteiger partial charge >= 0.3 is 0 Å². The second kappa shape index (κ2) is 7.20. The lowest BCUT2D eigenvalue weighted by Crippen LogP contribution is -2.36. The van der Waals surface area contributed by atoms with Crippen molar-refractivity contribution in [1.29, 1.82) is 5.26 Å². The third-order valence-electron chi connectivity index (χ3n) is 3.44. The first-order valence-electron chi connectivity index (χ1n) is 6.66. The van der Waals surface area contributed by atoms with E-state index < -0.39 is 0 Å². The second-order valence-electron chi connectivity index (χ2n) is 4.86. The molecule has 0 bridgehead atoms. The summed E-state index contributed by atoms with van der Waals surface area (Å²) in [5.74, 6) is 0.522. The van der Waals surface area contributed by atoms with E-state index in [4.69, 9.17) is 10.00 Å². The number of nitrogens with one attached hydrogen (secondary N) is 1. The number of ether oxygens (including phenoxy) is 1. The molecule has 1 aromatic carbocycles. The summed E-state index contributed by atoms with van der Waals surface area (Å²) >= 11 is 1.87. The van der Waals surface area contributed by atoms with Gasteiger partial charge in [-0.1, -0.05) is 0 Å². The van der Waals surface area contributed by atoms with E-state index in [-0.39, 0.29) is 18.6 Å². The Bertz CT molecular complexity index is 496. The topological polar surface area (TPSA) is 62.1 Å². The molecule has 0 aliphatic heterocycles. The summed E-state index contributed by atoms with van der Waals surface area (Å²) < 4.78 is 5.40. The Kier molecular flexibility index (Phi) is 5.31. The van der Waals surface area contributed by atoms with Gasteiger partial charge in [0.25, 0.3) is 5.91 Å². The Morgan fingerprint density at radius 1 is 1.45 bits per heavy atom. The highest BCUT2D eigenvalue weighted by Crippen LogP contribution is 2.28. The molecular weight excluding hydrogens is 272 g/mol. The third kappa shape index (κ3) is 4.17. The van der Waals surface area contributed by atoms with E-state index in [1.807, 2.05) is 17.8 Å². The Morgan fingerprint density at radius 2 is 2.20 bits per heavy atom. The smallest absolute Gasteiger partial charge is 0.258 e. The molecule has 0 saturated heterocycles. The SMILES string of the molecule is CSC1CCC(NC(=O)COc2ccc(C#N)cc2)C1. The van der Waals surface area contributed by atoms with Crippen molar-refractivity contribution in [3.63, 3.8) is 0 Å². The molecule has 5 heteroatoms. The van der Waals surface area contributed by atoms with Gasteiger partial charge in [-0.3, -0.25) is 4.79 Å². The van der Waals surface area contributed by atoms with E-state index in [1.165, 1.54) is 6.42 Å². The number of rotatable bonds is 5. The highest BCUT2D eigenvalue weighted by atomic mass is 32.2. The molecule has 2 rings (SSSR count). The largest absolute Gasteiger partial charge is 0.484 e. The van der Waals surface area contributed by atoms with Crippen LogP contribution in [0.2, 0.25) is 0 Å². The van der Waals surface area contributed by atoms with Crippen LogP contribution in [-0.2, 0) is 4.79 Å². The van der Waals surface area contributed by atoms with Crippen LogP contribution in [0.15, 0.2) is 24.3 Å². The number of nitrogens with zero attached hydrogens (tertiary/aromatic N) is 1. The molecule has 0 heterocycles. The maximum absolute atomic E-state index is 11.8. The van der Waals surface area contributed by atoms with Crippen molar-refractivity contribution in [2.45, 2.75) is 30.6 Å². The Labute approximate surface area is 123 Å². The van der Waals surface area contributed by atoms with E-state index >= 15 is 0 Å². The quantitative estimate of drug-likeness (QED) is 0.904. The van der Waals surface area contributed by atoms with Crippen LogP contribution in [0.4, 0.5) is 0 Å². The summed E-state index contributed by atoms with van der Waals surface area (Å²) in [5.41, 5.74) is 0.580. The molecule has 2 unspecified atom stereocenters. The zero-order valence-corrected chi connectivity index (χ0v) is 12.3. The summed E-state index contributed by atoms with van der Waals surface area (Å²) in [6.07, 6.45) is 5.38. The fourth-order valence-electron chi connectivity index (χ4n) is 2.33. The first kappa shape index (κ1) is 14.7. The standard InChI is InChI=1S/C15H18N2O2S/c1-20-14-7-4-12(8-14)17-15(18)10-19-13-5-2-11(9-16)3-6-13/h2-3,5-6,12,14H,4,7-8,10H2,1H3,(H,17,18). The fraction of sp³-hybridized carbons (Fsp3) is 0.467. The highest BCUT2D eigenvalue weighted by molar-refractivity contribution is 7.99. The molecule has 4 nitrogen and oxygen atoms in total. The molecule has 1 aromatic rings.